The number of aryl methyl sites for hydroxylation is 6. The molecule has 2 aromatic heterocycles. The molecule has 0 radical (unpaired) electrons. The maximum atomic E-state index is 11.7. The molecule has 0 spiro atoms. The molecule has 5 rings (SSSR count). The Bertz CT molecular complexity index is 1570. The van der Waals surface area contributed by atoms with Crippen LogP contribution in [0.15, 0.2) is 59.3 Å². The number of esters is 1. The van der Waals surface area contributed by atoms with Gasteiger partial charge < -0.3 is 24.6 Å². The summed E-state index contributed by atoms with van der Waals surface area (Å²) in [6, 6.07) is 16.7. The van der Waals surface area contributed by atoms with E-state index in [1.54, 1.807) is 43.4 Å². The molecule has 2 N–H and O–H groups in total. The highest BCUT2D eigenvalue weighted by molar-refractivity contribution is 7.09. The zero-order valence-corrected chi connectivity index (χ0v) is 31.8. The van der Waals surface area contributed by atoms with Crippen molar-refractivity contribution in [2.75, 3.05) is 33.0 Å². The molecule has 0 saturated carbocycles. The number of hydrogen-bond acceptors (Lipinski definition) is 10. The minimum Gasteiger partial charge on any atom is -0.464 e. The van der Waals surface area contributed by atoms with Gasteiger partial charge in [-0.05, 0) is 102 Å². The number of aliphatic hydroxyl groups is 1. The third-order valence-corrected chi connectivity index (χ3v) is 8.96. The summed E-state index contributed by atoms with van der Waals surface area (Å²) in [5, 5.41) is 17.8. The fourth-order valence-electron chi connectivity index (χ4n) is 4.90. The lowest BCUT2D eigenvalue weighted by Crippen LogP contribution is -2.36. The molecule has 1 aliphatic rings. The normalized spacial score (nSPS) is 12.3. The van der Waals surface area contributed by atoms with Gasteiger partial charge in [-0.3, -0.25) is 4.79 Å². The third kappa shape index (κ3) is 17.8. The molecule has 1 fully saturated rings. The first kappa shape index (κ1) is 40.8. The molecule has 272 valence electrons. The van der Waals surface area contributed by atoms with Crippen molar-refractivity contribution in [1.82, 2.24) is 15.3 Å². The van der Waals surface area contributed by atoms with Crippen molar-refractivity contribution in [3.63, 3.8) is 0 Å². The SMILES string of the molecule is C1CCOC1.Cc1nc(CCc2cccc(CCO)c2)cs1.Cc1nc(CCc2cccc(CCOC(=O)CNC(=O)OC(C)(C)C)c2)cs1. The van der Waals surface area contributed by atoms with Gasteiger partial charge in [-0.25, -0.2) is 14.8 Å². The van der Waals surface area contributed by atoms with Crippen LogP contribution in [-0.4, -0.2) is 65.7 Å². The van der Waals surface area contributed by atoms with Crippen LogP contribution < -0.4 is 5.32 Å². The predicted molar refractivity (Wildman–Crippen MR) is 201 cm³/mol. The summed E-state index contributed by atoms with van der Waals surface area (Å²) in [6.45, 7) is 11.6. The Morgan fingerprint density at radius 3 is 1.72 bits per heavy atom. The number of nitrogens with one attached hydrogen (secondary N) is 1. The van der Waals surface area contributed by atoms with Crippen LogP contribution in [-0.2, 0) is 57.5 Å². The van der Waals surface area contributed by atoms with E-state index in [1.165, 1.54) is 35.2 Å². The monoisotopic (exact) mass is 723 g/mol. The van der Waals surface area contributed by atoms with Crippen molar-refractivity contribution in [1.29, 1.82) is 0 Å². The quantitative estimate of drug-likeness (QED) is 0.137. The van der Waals surface area contributed by atoms with Gasteiger partial charge in [0.1, 0.15) is 12.1 Å². The predicted octanol–water partition coefficient (Wildman–Crippen LogP) is 7.42. The molecule has 0 unspecified atom stereocenters. The Balaban J connectivity index is 0.000000257. The van der Waals surface area contributed by atoms with Gasteiger partial charge in [0.15, 0.2) is 0 Å². The summed E-state index contributed by atoms with van der Waals surface area (Å²) in [4.78, 5) is 32.2. The maximum Gasteiger partial charge on any atom is 0.408 e. The smallest absolute Gasteiger partial charge is 0.408 e. The molecule has 11 heteroatoms. The molecule has 0 bridgehead atoms. The summed E-state index contributed by atoms with van der Waals surface area (Å²) >= 11 is 3.38. The molecule has 3 heterocycles. The first-order chi connectivity index (χ1) is 24.0. The van der Waals surface area contributed by atoms with E-state index in [4.69, 9.17) is 19.3 Å². The highest BCUT2D eigenvalue weighted by Gasteiger charge is 2.17. The molecule has 2 aromatic carbocycles. The number of rotatable bonds is 13. The summed E-state index contributed by atoms with van der Waals surface area (Å²) < 4.78 is 15.2. The number of benzene rings is 2. The molecule has 1 amide bonds. The Morgan fingerprint density at radius 1 is 0.800 bits per heavy atom. The second-order valence-corrected chi connectivity index (χ2v) is 15.1. The van der Waals surface area contributed by atoms with Gasteiger partial charge >= 0.3 is 12.1 Å². The highest BCUT2D eigenvalue weighted by Crippen LogP contribution is 2.14. The summed E-state index contributed by atoms with van der Waals surface area (Å²) in [7, 11) is 0. The molecular weight excluding hydrogens is 671 g/mol. The van der Waals surface area contributed by atoms with Gasteiger partial charge in [-0.1, -0.05) is 48.5 Å². The van der Waals surface area contributed by atoms with E-state index in [-0.39, 0.29) is 19.8 Å². The zero-order valence-electron chi connectivity index (χ0n) is 30.2. The Morgan fingerprint density at radius 2 is 1.30 bits per heavy atom. The first-order valence-electron chi connectivity index (χ1n) is 17.3. The van der Waals surface area contributed by atoms with Crippen LogP contribution in [0.1, 0.15) is 77.3 Å². The van der Waals surface area contributed by atoms with E-state index in [0.29, 0.717) is 6.42 Å². The molecule has 1 aliphatic heterocycles. The Hall–Kier alpha value is -3.64. The van der Waals surface area contributed by atoms with E-state index < -0.39 is 17.7 Å². The fraction of sp³-hybridized carbons (Fsp3) is 0.487. The number of hydrogen-bond donors (Lipinski definition) is 2. The van der Waals surface area contributed by atoms with Crippen LogP contribution in [0.4, 0.5) is 4.79 Å². The Kier molecular flexibility index (Phi) is 18.1. The fourth-order valence-corrected chi connectivity index (χ4v) is 6.20. The van der Waals surface area contributed by atoms with E-state index in [1.807, 2.05) is 26.0 Å². The molecule has 9 nitrogen and oxygen atoms in total. The number of aliphatic hydroxyl groups excluding tert-OH is 1. The number of thiazole rings is 2. The lowest BCUT2D eigenvalue weighted by Gasteiger charge is -2.19. The number of carbonyl (C=O) groups excluding carboxylic acids is 2. The standard InChI is InChI=1S/C21H28N2O4S.C14H17NOS.C4H8O/c1-15-23-18(14-28-15)9-8-16-6-5-7-17(12-16)10-11-26-19(24)13-22-20(25)27-21(2,3)4;1-11-15-14(10-17-11)6-5-12-3-2-4-13(9-12)7-8-16;1-2-4-5-3-1/h5-7,12,14H,8-11,13H2,1-4H3,(H,22,25);2-4,9-10,16H,5-8H2,1H3;1-4H2. The molecule has 50 heavy (non-hydrogen) atoms. The second-order valence-electron chi connectivity index (χ2n) is 13.0. The van der Waals surface area contributed by atoms with E-state index in [0.717, 1.165) is 66.6 Å². The second kappa shape index (κ2) is 22.2. The van der Waals surface area contributed by atoms with Gasteiger partial charge in [-0.15, -0.1) is 22.7 Å². The van der Waals surface area contributed by atoms with Crippen LogP contribution in [0.3, 0.4) is 0 Å². The molecule has 0 atom stereocenters. The van der Waals surface area contributed by atoms with E-state index in [2.05, 4.69) is 62.4 Å². The number of amides is 1. The summed E-state index contributed by atoms with van der Waals surface area (Å²) in [5.41, 5.74) is 6.58. The van der Waals surface area contributed by atoms with Crippen LogP contribution >= 0.6 is 22.7 Å². The minimum atomic E-state index is -0.632. The molecule has 1 saturated heterocycles. The zero-order chi connectivity index (χ0) is 36.2. The van der Waals surface area contributed by atoms with E-state index >= 15 is 0 Å². The largest absolute Gasteiger partial charge is 0.464 e. The molecular formula is C39H53N3O6S2. The number of alkyl carbamates (subject to hydrolysis) is 1. The van der Waals surface area contributed by atoms with Crippen LogP contribution in [0, 0.1) is 13.8 Å². The highest BCUT2D eigenvalue weighted by atomic mass is 32.1. The number of carbonyl (C=O) groups is 2. The van der Waals surface area contributed by atoms with Gasteiger partial charge in [-0.2, -0.15) is 0 Å². The Labute approximate surface area is 305 Å². The number of ether oxygens (including phenoxy) is 3. The van der Waals surface area contributed by atoms with Crippen LogP contribution in [0.2, 0.25) is 0 Å². The lowest BCUT2D eigenvalue weighted by molar-refractivity contribution is -0.142. The summed E-state index contributed by atoms with van der Waals surface area (Å²) in [5.74, 6) is -0.485. The van der Waals surface area contributed by atoms with Gasteiger partial charge in [0.25, 0.3) is 0 Å². The average molecular weight is 724 g/mol. The van der Waals surface area contributed by atoms with Crippen molar-refractivity contribution < 1.29 is 28.9 Å². The van der Waals surface area contributed by atoms with Crippen molar-refractivity contribution in [3.05, 3.63) is 103 Å². The number of aromatic nitrogens is 2. The van der Waals surface area contributed by atoms with Crippen molar-refractivity contribution in [3.8, 4) is 0 Å². The topological polar surface area (TPSA) is 120 Å². The average Bonchev–Trinajstić information content (AvgIpc) is 3.87. The van der Waals surface area contributed by atoms with Gasteiger partial charge in [0.05, 0.1) is 28.0 Å². The number of nitrogens with zero attached hydrogens (tertiary/aromatic N) is 2. The van der Waals surface area contributed by atoms with Crippen molar-refractivity contribution in [2.45, 2.75) is 91.6 Å². The molecule has 0 aliphatic carbocycles. The third-order valence-electron chi connectivity index (χ3n) is 7.31. The van der Waals surface area contributed by atoms with Crippen molar-refractivity contribution in [2.24, 2.45) is 0 Å². The van der Waals surface area contributed by atoms with Crippen LogP contribution in [0.5, 0.6) is 0 Å². The van der Waals surface area contributed by atoms with Crippen molar-refractivity contribution >= 4 is 34.7 Å². The van der Waals surface area contributed by atoms with Crippen LogP contribution in [0.25, 0.3) is 0 Å². The van der Waals surface area contributed by atoms with Gasteiger partial charge in [0, 0.05) is 37.0 Å². The van der Waals surface area contributed by atoms with Gasteiger partial charge in [0.2, 0.25) is 0 Å². The van der Waals surface area contributed by atoms with E-state index in [9.17, 15) is 9.59 Å². The lowest BCUT2D eigenvalue weighted by atomic mass is 10.0. The minimum absolute atomic E-state index is 0.206. The first-order valence-corrected chi connectivity index (χ1v) is 19.0. The maximum absolute atomic E-state index is 11.7. The molecule has 4 aromatic rings. The summed E-state index contributed by atoms with van der Waals surface area (Å²) in [6.07, 6.45) is 7.14.